The van der Waals surface area contributed by atoms with Crippen molar-refractivity contribution in [2.45, 2.75) is 136 Å². The van der Waals surface area contributed by atoms with E-state index in [0.717, 1.165) is 55.6 Å². The molecule has 0 N–H and O–H groups in total. The van der Waals surface area contributed by atoms with Gasteiger partial charge in [0.1, 0.15) is 17.1 Å². The van der Waals surface area contributed by atoms with E-state index in [9.17, 15) is 4.79 Å². The van der Waals surface area contributed by atoms with Crippen LogP contribution >= 0.6 is 11.6 Å². The van der Waals surface area contributed by atoms with E-state index in [1.165, 1.54) is 24.8 Å². The van der Waals surface area contributed by atoms with Gasteiger partial charge in [0, 0.05) is 11.1 Å². The molecule has 0 spiro atoms. The lowest BCUT2D eigenvalue weighted by atomic mass is 9.77. The number of hydrogen-bond acceptors (Lipinski definition) is 3. The van der Waals surface area contributed by atoms with E-state index >= 15 is 0 Å². The molecule has 3 nitrogen and oxygen atoms in total. The number of carbonyl (C=O) groups is 1. The molecule has 1 aromatic carbocycles. The van der Waals surface area contributed by atoms with Gasteiger partial charge in [-0.25, -0.2) is 0 Å². The van der Waals surface area contributed by atoms with Crippen molar-refractivity contribution >= 4 is 16.8 Å². The molecule has 0 bridgehead atoms. The van der Waals surface area contributed by atoms with Crippen LogP contribution in [0.4, 0.5) is 0 Å². The predicted octanol–water partition coefficient (Wildman–Crippen LogP) is 8.69. The Morgan fingerprint density at radius 2 is 1.81 bits per heavy atom. The van der Waals surface area contributed by atoms with Crippen molar-refractivity contribution in [3.05, 3.63) is 23.3 Å². The normalized spacial score (nSPS) is 18.6. The molecule has 0 amide bonds. The van der Waals surface area contributed by atoms with Crippen LogP contribution in [0.1, 0.15) is 130 Å². The van der Waals surface area contributed by atoms with Crippen molar-refractivity contribution in [3.63, 3.8) is 0 Å². The lowest BCUT2D eigenvalue weighted by molar-refractivity contribution is -0.118. The molecule has 2 rings (SSSR count). The van der Waals surface area contributed by atoms with E-state index in [2.05, 4.69) is 60.6 Å². The number of fused-ring (bicyclic) bond motifs is 1. The van der Waals surface area contributed by atoms with Gasteiger partial charge >= 0.3 is 0 Å². The first-order valence-electron chi connectivity index (χ1n) is 12.7. The van der Waals surface area contributed by atoms with Crippen LogP contribution < -0.4 is 9.47 Å². The Hall–Kier alpha value is -1.22. The molecular weight excluding hydrogens is 420 g/mol. The average molecular weight is 465 g/mol. The third-order valence-electron chi connectivity index (χ3n) is 6.80. The first-order chi connectivity index (χ1) is 15.0. The van der Waals surface area contributed by atoms with E-state index in [4.69, 9.17) is 21.1 Å². The van der Waals surface area contributed by atoms with Crippen molar-refractivity contribution in [1.29, 1.82) is 0 Å². The van der Waals surface area contributed by atoms with Crippen LogP contribution in [0, 0.1) is 0 Å². The minimum Gasteiger partial charge on any atom is -0.488 e. The third kappa shape index (κ3) is 7.40. The summed E-state index contributed by atoms with van der Waals surface area (Å²) in [6.07, 6.45) is 10.0. The zero-order valence-corrected chi connectivity index (χ0v) is 22.2. The van der Waals surface area contributed by atoms with E-state index < -0.39 is 11.3 Å². The lowest BCUT2D eigenvalue weighted by Crippen LogP contribution is -2.35. The highest BCUT2D eigenvalue weighted by Gasteiger charge is 2.35. The van der Waals surface area contributed by atoms with Gasteiger partial charge in [-0.15, -0.1) is 0 Å². The first kappa shape index (κ1) is 27.0. The first-order valence-corrected chi connectivity index (χ1v) is 13.1. The predicted molar refractivity (Wildman–Crippen MR) is 135 cm³/mol. The molecule has 1 heterocycles. The minimum absolute atomic E-state index is 0.0875. The maximum Gasteiger partial charge on any atom is 0.262 e. The Morgan fingerprint density at radius 1 is 1.16 bits per heavy atom. The number of halogens is 1. The van der Waals surface area contributed by atoms with Crippen LogP contribution in [0.5, 0.6) is 11.5 Å². The van der Waals surface area contributed by atoms with Gasteiger partial charge in [0.25, 0.3) is 5.24 Å². The molecule has 2 unspecified atom stereocenters. The molecule has 1 aliphatic rings. The highest BCUT2D eigenvalue weighted by Crippen LogP contribution is 2.47. The van der Waals surface area contributed by atoms with Gasteiger partial charge in [-0.1, -0.05) is 73.1 Å². The Balaban J connectivity index is 2.41. The number of unbranched alkanes of at least 4 members (excludes halogenated alkanes) is 5. The molecule has 0 radical (unpaired) electrons. The molecule has 1 aliphatic heterocycles. The summed E-state index contributed by atoms with van der Waals surface area (Å²) in [7, 11) is 0. The van der Waals surface area contributed by atoms with Crippen LogP contribution in [0.3, 0.4) is 0 Å². The molecule has 0 fully saturated rings. The van der Waals surface area contributed by atoms with Gasteiger partial charge in [0.15, 0.2) is 6.10 Å². The summed E-state index contributed by atoms with van der Waals surface area (Å²) < 4.78 is 12.8. The lowest BCUT2D eigenvalue weighted by Gasteiger charge is -2.38. The van der Waals surface area contributed by atoms with E-state index in [1.807, 2.05) is 0 Å². The van der Waals surface area contributed by atoms with Gasteiger partial charge in [0.2, 0.25) is 0 Å². The largest absolute Gasteiger partial charge is 0.488 e. The van der Waals surface area contributed by atoms with Crippen molar-refractivity contribution in [3.8, 4) is 11.5 Å². The standard InChI is InChI=1S/C28H45ClO3/c1-8-10-12-13-15-23(26(29)30)31-25-17-21-20(3)19-28(6,7)32-24(21)18-22(25)27(4,5)16-14-11-9-2/h17-18,20,23H,8-16,19H2,1-7H3. The molecule has 0 aliphatic carbocycles. The molecule has 4 heteroatoms. The number of hydrogen-bond donors (Lipinski definition) is 0. The van der Waals surface area contributed by atoms with Crippen LogP contribution in [0.25, 0.3) is 0 Å². The summed E-state index contributed by atoms with van der Waals surface area (Å²) >= 11 is 6.00. The number of carbonyl (C=O) groups excluding carboxylic acids is 1. The fraction of sp³-hybridized carbons (Fsp3) is 0.750. The third-order valence-corrected chi connectivity index (χ3v) is 7.05. The van der Waals surface area contributed by atoms with Crippen LogP contribution in [-0.4, -0.2) is 16.9 Å². The number of ether oxygens (including phenoxy) is 2. The van der Waals surface area contributed by atoms with Gasteiger partial charge in [-0.2, -0.15) is 0 Å². The fourth-order valence-corrected chi connectivity index (χ4v) is 5.10. The van der Waals surface area contributed by atoms with Gasteiger partial charge in [-0.3, -0.25) is 4.79 Å². The maximum atomic E-state index is 12.2. The topological polar surface area (TPSA) is 35.5 Å². The molecule has 0 aromatic heterocycles. The summed E-state index contributed by atoms with van der Waals surface area (Å²) in [6.45, 7) is 15.5. The fourth-order valence-electron chi connectivity index (χ4n) is 4.94. The zero-order valence-electron chi connectivity index (χ0n) is 21.5. The Morgan fingerprint density at radius 3 is 2.44 bits per heavy atom. The molecule has 0 saturated heterocycles. The summed E-state index contributed by atoms with van der Waals surface area (Å²) in [5, 5.41) is -0.403. The van der Waals surface area contributed by atoms with Crippen LogP contribution in [0.2, 0.25) is 0 Å². The smallest absolute Gasteiger partial charge is 0.262 e. The van der Waals surface area contributed by atoms with E-state index in [1.54, 1.807) is 0 Å². The quantitative estimate of drug-likeness (QED) is 0.216. The Bertz CT molecular complexity index is 753. The van der Waals surface area contributed by atoms with Crippen molar-refractivity contribution in [2.75, 3.05) is 0 Å². The summed E-state index contributed by atoms with van der Waals surface area (Å²) in [5.74, 6) is 2.12. The molecule has 182 valence electrons. The summed E-state index contributed by atoms with van der Waals surface area (Å²) in [5.41, 5.74) is 2.01. The molecule has 1 aromatic rings. The monoisotopic (exact) mass is 464 g/mol. The van der Waals surface area contributed by atoms with Crippen molar-refractivity contribution < 1.29 is 14.3 Å². The Kier molecular flexibility index (Phi) is 9.94. The summed E-state index contributed by atoms with van der Waals surface area (Å²) in [6, 6.07) is 4.31. The van der Waals surface area contributed by atoms with E-state index in [-0.39, 0.29) is 11.0 Å². The molecular formula is C28H45ClO3. The Labute approximate surface area is 201 Å². The number of benzene rings is 1. The van der Waals surface area contributed by atoms with Crippen LogP contribution in [-0.2, 0) is 10.2 Å². The highest BCUT2D eigenvalue weighted by molar-refractivity contribution is 6.64. The second kappa shape index (κ2) is 11.8. The zero-order chi connectivity index (χ0) is 23.9. The second-order valence-electron chi connectivity index (χ2n) is 11.0. The van der Waals surface area contributed by atoms with E-state index in [0.29, 0.717) is 12.3 Å². The van der Waals surface area contributed by atoms with Crippen LogP contribution in [0.15, 0.2) is 12.1 Å². The SMILES string of the molecule is CCCCCCC(Oc1cc2c(cc1C(C)(C)CCCCC)OC(C)(C)CC2C)C(=O)Cl. The van der Waals surface area contributed by atoms with Gasteiger partial charge in [-0.05, 0) is 74.6 Å². The second-order valence-corrected chi connectivity index (χ2v) is 11.3. The summed E-state index contributed by atoms with van der Waals surface area (Å²) in [4.78, 5) is 12.2. The molecule has 32 heavy (non-hydrogen) atoms. The average Bonchev–Trinajstić information content (AvgIpc) is 2.69. The number of rotatable bonds is 13. The molecule has 2 atom stereocenters. The van der Waals surface area contributed by atoms with Gasteiger partial charge < -0.3 is 9.47 Å². The van der Waals surface area contributed by atoms with Gasteiger partial charge in [0.05, 0.1) is 0 Å². The van der Waals surface area contributed by atoms with Crippen molar-refractivity contribution in [2.24, 2.45) is 0 Å². The van der Waals surface area contributed by atoms with Crippen molar-refractivity contribution in [1.82, 2.24) is 0 Å². The maximum absolute atomic E-state index is 12.2. The minimum atomic E-state index is -0.604. The molecule has 0 saturated carbocycles. The highest BCUT2D eigenvalue weighted by atomic mass is 35.5.